The number of aromatic nitrogens is 1. The van der Waals surface area contributed by atoms with Crippen molar-refractivity contribution in [1.29, 1.82) is 0 Å². The van der Waals surface area contributed by atoms with Crippen LogP contribution in [0.5, 0.6) is 0 Å². The summed E-state index contributed by atoms with van der Waals surface area (Å²) in [5, 5.41) is 7.31. The van der Waals surface area contributed by atoms with Crippen molar-refractivity contribution in [3.05, 3.63) is 140 Å². The van der Waals surface area contributed by atoms with Crippen molar-refractivity contribution >= 4 is 43.4 Å². The van der Waals surface area contributed by atoms with Gasteiger partial charge < -0.3 is 4.42 Å². The molecule has 2 heteroatoms. The van der Waals surface area contributed by atoms with E-state index in [9.17, 15) is 0 Å². The number of rotatable bonds is 3. The van der Waals surface area contributed by atoms with Gasteiger partial charge in [-0.05, 0) is 72.8 Å². The summed E-state index contributed by atoms with van der Waals surface area (Å²) >= 11 is 0. The van der Waals surface area contributed by atoms with Gasteiger partial charge in [0.15, 0.2) is 5.58 Å². The second kappa shape index (κ2) is 8.68. The van der Waals surface area contributed by atoms with Crippen LogP contribution in [0.3, 0.4) is 0 Å². The number of nitrogens with zero attached hydrogens (tertiary/aromatic N) is 1. The minimum Gasteiger partial charge on any atom is -0.436 e. The SMILES string of the molecule is c1ccc(-c2c3ccccc3c(-c3cccc4c(-c5nc6ccccc6o5)cccc34)c3ccccc23)cc1. The first-order valence-corrected chi connectivity index (χ1v) is 13.2. The standard InChI is InChI=1S/C37H23NO/c1-2-12-24(13-3-1)35-28-14-4-6-16-30(28)36(31-17-7-5-15-29(31)35)27-20-10-19-26-25(27)18-11-21-32(26)37-38-33-22-8-9-23-34(33)39-37/h1-23H. The van der Waals surface area contributed by atoms with Crippen LogP contribution < -0.4 is 0 Å². The van der Waals surface area contributed by atoms with Gasteiger partial charge in [-0.3, -0.25) is 0 Å². The Balaban J connectivity index is 1.47. The fourth-order valence-electron chi connectivity index (χ4n) is 6.04. The van der Waals surface area contributed by atoms with Crippen LogP contribution in [-0.4, -0.2) is 4.98 Å². The highest BCUT2D eigenvalue weighted by Crippen LogP contribution is 2.45. The maximum atomic E-state index is 6.20. The molecule has 0 bridgehead atoms. The highest BCUT2D eigenvalue weighted by atomic mass is 16.3. The van der Waals surface area contributed by atoms with Gasteiger partial charge in [-0.25, -0.2) is 4.98 Å². The van der Waals surface area contributed by atoms with Crippen molar-refractivity contribution in [2.45, 2.75) is 0 Å². The summed E-state index contributed by atoms with van der Waals surface area (Å²) in [5.41, 5.74) is 7.63. The van der Waals surface area contributed by atoms with Crippen molar-refractivity contribution in [1.82, 2.24) is 4.98 Å². The number of fused-ring (bicyclic) bond motifs is 4. The molecule has 0 radical (unpaired) electrons. The Morgan fingerprint density at radius 3 is 1.56 bits per heavy atom. The van der Waals surface area contributed by atoms with Crippen molar-refractivity contribution in [3.63, 3.8) is 0 Å². The Kier molecular flexibility index (Phi) is 4.86. The first kappa shape index (κ1) is 21.8. The molecule has 8 aromatic rings. The lowest BCUT2D eigenvalue weighted by Crippen LogP contribution is -1.92. The Labute approximate surface area is 225 Å². The zero-order valence-electron chi connectivity index (χ0n) is 21.1. The highest BCUT2D eigenvalue weighted by molar-refractivity contribution is 6.23. The Morgan fingerprint density at radius 1 is 0.385 bits per heavy atom. The number of hydrogen-bond donors (Lipinski definition) is 0. The molecule has 7 aromatic carbocycles. The molecule has 1 aromatic heterocycles. The molecule has 0 atom stereocenters. The average Bonchev–Trinajstić information content (AvgIpc) is 3.44. The molecule has 8 rings (SSSR count). The summed E-state index contributed by atoms with van der Waals surface area (Å²) in [6.45, 7) is 0. The van der Waals surface area contributed by atoms with E-state index >= 15 is 0 Å². The maximum absolute atomic E-state index is 6.20. The fourth-order valence-corrected chi connectivity index (χ4v) is 6.04. The van der Waals surface area contributed by atoms with Crippen LogP contribution in [0.4, 0.5) is 0 Å². The Bertz CT molecular complexity index is 2080. The predicted molar refractivity (Wildman–Crippen MR) is 163 cm³/mol. The van der Waals surface area contributed by atoms with E-state index in [1.54, 1.807) is 0 Å². The number of oxazole rings is 1. The van der Waals surface area contributed by atoms with Crippen LogP contribution in [0, 0.1) is 0 Å². The minimum absolute atomic E-state index is 0.646. The van der Waals surface area contributed by atoms with Gasteiger partial charge in [0.1, 0.15) is 5.52 Å². The molecule has 0 aliphatic rings. The molecule has 182 valence electrons. The van der Waals surface area contributed by atoms with E-state index in [1.165, 1.54) is 49.2 Å². The van der Waals surface area contributed by atoms with Crippen LogP contribution in [-0.2, 0) is 0 Å². The summed E-state index contributed by atoms with van der Waals surface area (Å²) < 4.78 is 6.20. The summed E-state index contributed by atoms with van der Waals surface area (Å²) in [6, 6.07) is 49.2. The molecular weight excluding hydrogens is 474 g/mol. The highest BCUT2D eigenvalue weighted by Gasteiger charge is 2.19. The average molecular weight is 498 g/mol. The topological polar surface area (TPSA) is 26.0 Å². The van der Waals surface area contributed by atoms with E-state index in [-0.39, 0.29) is 0 Å². The second-order valence-corrected chi connectivity index (χ2v) is 9.90. The van der Waals surface area contributed by atoms with Crippen LogP contribution in [0.25, 0.3) is 77.1 Å². The second-order valence-electron chi connectivity index (χ2n) is 9.90. The number of benzene rings is 7. The van der Waals surface area contributed by atoms with E-state index in [1.807, 2.05) is 24.3 Å². The predicted octanol–water partition coefficient (Wildman–Crippen LogP) is 10.3. The van der Waals surface area contributed by atoms with Gasteiger partial charge in [-0.15, -0.1) is 0 Å². The molecule has 0 aliphatic heterocycles. The van der Waals surface area contributed by atoms with Crippen LogP contribution in [0.2, 0.25) is 0 Å². The minimum atomic E-state index is 0.646. The van der Waals surface area contributed by atoms with Gasteiger partial charge in [0.2, 0.25) is 5.89 Å². The quantitative estimate of drug-likeness (QED) is 0.227. The summed E-state index contributed by atoms with van der Waals surface area (Å²) in [5.74, 6) is 0.646. The first-order chi connectivity index (χ1) is 19.4. The molecule has 0 saturated heterocycles. The van der Waals surface area contributed by atoms with Crippen LogP contribution in [0.1, 0.15) is 0 Å². The summed E-state index contributed by atoms with van der Waals surface area (Å²) in [6.07, 6.45) is 0. The Morgan fingerprint density at radius 2 is 0.897 bits per heavy atom. The lowest BCUT2D eigenvalue weighted by atomic mass is 9.84. The third-order valence-corrected chi connectivity index (χ3v) is 7.71. The van der Waals surface area contributed by atoms with Gasteiger partial charge in [-0.1, -0.05) is 121 Å². The molecule has 0 unspecified atom stereocenters. The molecule has 0 saturated carbocycles. The largest absolute Gasteiger partial charge is 0.436 e. The van der Waals surface area contributed by atoms with E-state index < -0.39 is 0 Å². The van der Waals surface area contributed by atoms with Crippen molar-refractivity contribution in [2.24, 2.45) is 0 Å². The van der Waals surface area contributed by atoms with Gasteiger partial charge in [0.05, 0.1) is 0 Å². The maximum Gasteiger partial charge on any atom is 0.227 e. The van der Waals surface area contributed by atoms with Crippen molar-refractivity contribution in [3.8, 4) is 33.7 Å². The zero-order chi connectivity index (χ0) is 25.8. The first-order valence-electron chi connectivity index (χ1n) is 13.2. The summed E-state index contributed by atoms with van der Waals surface area (Å²) in [4.78, 5) is 4.81. The third kappa shape index (κ3) is 3.39. The lowest BCUT2D eigenvalue weighted by Gasteiger charge is -2.19. The van der Waals surface area contributed by atoms with Gasteiger partial charge >= 0.3 is 0 Å². The van der Waals surface area contributed by atoms with E-state index in [2.05, 4.69) is 115 Å². The molecule has 0 amide bonds. The van der Waals surface area contributed by atoms with Crippen LogP contribution >= 0.6 is 0 Å². The number of para-hydroxylation sites is 2. The van der Waals surface area contributed by atoms with E-state index in [0.717, 1.165) is 22.0 Å². The fraction of sp³-hybridized carbons (Fsp3) is 0. The van der Waals surface area contributed by atoms with E-state index in [0.29, 0.717) is 5.89 Å². The molecule has 0 N–H and O–H groups in total. The van der Waals surface area contributed by atoms with E-state index in [4.69, 9.17) is 9.40 Å². The lowest BCUT2D eigenvalue weighted by molar-refractivity contribution is 0.620. The number of hydrogen-bond acceptors (Lipinski definition) is 2. The molecule has 0 fully saturated rings. The van der Waals surface area contributed by atoms with Gasteiger partial charge in [-0.2, -0.15) is 0 Å². The molecule has 39 heavy (non-hydrogen) atoms. The van der Waals surface area contributed by atoms with Gasteiger partial charge in [0, 0.05) is 5.56 Å². The monoisotopic (exact) mass is 497 g/mol. The Hall–Kier alpha value is -5.21. The van der Waals surface area contributed by atoms with Crippen molar-refractivity contribution < 1.29 is 4.42 Å². The zero-order valence-corrected chi connectivity index (χ0v) is 21.1. The third-order valence-electron chi connectivity index (χ3n) is 7.71. The normalized spacial score (nSPS) is 11.6. The van der Waals surface area contributed by atoms with Crippen LogP contribution in [0.15, 0.2) is 144 Å². The summed E-state index contributed by atoms with van der Waals surface area (Å²) in [7, 11) is 0. The molecule has 0 aliphatic carbocycles. The molecule has 1 heterocycles. The van der Waals surface area contributed by atoms with Gasteiger partial charge in [0.25, 0.3) is 0 Å². The van der Waals surface area contributed by atoms with Crippen molar-refractivity contribution in [2.75, 3.05) is 0 Å². The molecular formula is C37H23NO. The molecule has 2 nitrogen and oxygen atoms in total. The smallest absolute Gasteiger partial charge is 0.227 e. The molecule has 0 spiro atoms.